The van der Waals surface area contributed by atoms with Gasteiger partial charge in [0.05, 0.1) is 39.9 Å². The summed E-state index contributed by atoms with van der Waals surface area (Å²) in [5.74, 6) is -0.169. The van der Waals surface area contributed by atoms with Gasteiger partial charge in [-0.15, -0.1) is 0 Å². The minimum absolute atomic E-state index is 0.0642. The SMILES string of the molecule is CCCCCCCCCCCCCCCCCC/C=C\CCCCCCCCCCCCCCCCCCCC(=O)NC(COP(=O)(O)OCC[N+](C)(C)C)C(O)/C=C/CCCCCCCCCCCCCCCCCCCC. The quantitative estimate of drug-likeness (QED) is 0.0243. The Labute approximate surface area is 494 Å². The number of nitrogens with zero attached hydrogens (tertiary/aromatic N) is 1. The zero-order valence-electron chi connectivity index (χ0n) is 53.9. The number of carbonyl (C=O) groups excluding carboxylic acids is 1. The number of amides is 1. The van der Waals surface area contributed by atoms with Crippen molar-refractivity contribution in [3.8, 4) is 0 Å². The average Bonchev–Trinajstić information content (AvgIpc) is 3.42. The van der Waals surface area contributed by atoms with E-state index in [0.717, 1.165) is 32.1 Å². The molecule has 1 amide bonds. The zero-order valence-corrected chi connectivity index (χ0v) is 54.8. The Bertz CT molecular complexity index is 1340. The number of likely N-dealkylation sites (N-methyl/N-ethyl adjacent to an activating group) is 1. The van der Waals surface area contributed by atoms with E-state index in [1.165, 1.54) is 315 Å². The van der Waals surface area contributed by atoms with Gasteiger partial charge < -0.3 is 19.8 Å². The molecule has 0 saturated heterocycles. The second-order valence-corrected chi connectivity index (χ2v) is 27.1. The first-order valence-electron chi connectivity index (χ1n) is 35.2. The third-order valence-corrected chi connectivity index (χ3v) is 17.4. The molecule has 3 atom stereocenters. The van der Waals surface area contributed by atoms with Crippen LogP contribution in [0.3, 0.4) is 0 Å². The fraction of sp³-hybridized carbons (Fsp3) is 0.929. The van der Waals surface area contributed by atoms with Gasteiger partial charge in [-0.25, -0.2) is 4.57 Å². The smallest absolute Gasteiger partial charge is 0.387 e. The van der Waals surface area contributed by atoms with Crippen LogP contribution >= 0.6 is 7.82 Å². The molecule has 0 aromatic carbocycles. The van der Waals surface area contributed by atoms with Crippen LogP contribution in [-0.4, -0.2) is 73.4 Å². The predicted octanol–water partition coefficient (Wildman–Crippen LogP) is 22.3. The van der Waals surface area contributed by atoms with Gasteiger partial charge >= 0.3 is 7.82 Å². The summed E-state index contributed by atoms with van der Waals surface area (Å²) >= 11 is 0. The number of aliphatic hydroxyl groups excluding tert-OH is 1. The predicted molar refractivity (Wildman–Crippen MR) is 346 cm³/mol. The number of phosphoric ester groups is 1. The lowest BCUT2D eigenvalue weighted by molar-refractivity contribution is -0.870. The molecule has 8 nitrogen and oxygen atoms in total. The van der Waals surface area contributed by atoms with Crippen molar-refractivity contribution in [1.29, 1.82) is 0 Å². The van der Waals surface area contributed by atoms with Gasteiger partial charge in [0.25, 0.3) is 0 Å². The first-order chi connectivity index (χ1) is 38.5. The van der Waals surface area contributed by atoms with Crippen molar-refractivity contribution in [1.82, 2.24) is 5.32 Å². The highest BCUT2D eigenvalue weighted by Crippen LogP contribution is 2.43. The maximum absolute atomic E-state index is 13.0. The summed E-state index contributed by atoms with van der Waals surface area (Å²) in [6.07, 6.45) is 80.5. The molecule has 0 bridgehead atoms. The van der Waals surface area contributed by atoms with Crippen LogP contribution in [0.15, 0.2) is 24.3 Å². The number of hydrogen-bond acceptors (Lipinski definition) is 5. The molecule has 0 saturated carbocycles. The Balaban J connectivity index is 3.95. The molecule has 0 spiro atoms. The first-order valence-corrected chi connectivity index (χ1v) is 36.7. The fourth-order valence-corrected chi connectivity index (χ4v) is 11.7. The van der Waals surface area contributed by atoms with Crippen LogP contribution in [0, 0.1) is 0 Å². The van der Waals surface area contributed by atoms with E-state index in [0.29, 0.717) is 17.4 Å². The molecule has 0 rings (SSSR count). The van der Waals surface area contributed by atoms with Gasteiger partial charge in [0, 0.05) is 6.42 Å². The molecule has 3 unspecified atom stereocenters. The monoisotopic (exact) mass is 1140 g/mol. The highest BCUT2D eigenvalue weighted by Gasteiger charge is 2.28. The van der Waals surface area contributed by atoms with E-state index >= 15 is 0 Å². The van der Waals surface area contributed by atoms with E-state index in [-0.39, 0.29) is 19.1 Å². The Hall–Kier alpha value is -1.02. The van der Waals surface area contributed by atoms with Crippen LogP contribution < -0.4 is 5.32 Å². The number of rotatable bonds is 66. The molecule has 0 aromatic heterocycles. The van der Waals surface area contributed by atoms with Crippen LogP contribution in [0.2, 0.25) is 0 Å². The molecule has 0 aliphatic rings. The van der Waals surface area contributed by atoms with Crippen LogP contribution in [0.5, 0.6) is 0 Å². The maximum atomic E-state index is 13.0. The summed E-state index contributed by atoms with van der Waals surface area (Å²) in [6, 6.07) is -0.845. The van der Waals surface area contributed by atoms with Crippen molar-refractivity contribution in [2.45, 2.75) is 379 Å². The molecule has 0 aliphatic heterocycles. The van der Waals surface area contributed by atoms with Gasteiger partial charge in [-0.05, 0) is 44.9 Å². The van der Waals surface area contributed by atoms with Crippen LogP contribution in [0.4, 0.5) is 0 Å². The lowest BCUT2D eigenvalue weighted by Gasteiger charge is -2.25. The molecule has 0 heterocycles. The molecule has 9 heteroatoms. The molecule has 0 radical (unpaired) electrons. The second-order valence-electron chi connectivity index (χ2n) is 25.6. The molecule has 79 heavy (non-hydrogen) atoms. The van der Waals surface area contributed by atoms with Gasteiger partial charge in [0.15, 0.2) is 0 Å². The Morgan fingerprint density at radius 3 is 0.975 bits per heavy atom. The number of phosphoric acid groups is 1. The Kier molecular flexibility index (Phi) is 60.7. The largest absolute Gasteiger partial charge is 0.472 e. The molecule has 0 fully saturated rings. The summed E-state index contributed by atoms with van der Waals surface area (Å²) in [6.45, 7) is 4.88. The molecule has 3 N–H and O–H groups in total. The van der Waals surface area contributed by atoms with Gasteiger partial charge in [-0.2, -0.15) is 0 Å². The normalized spacial score (nSPS) is 13.8. The van der Waals surface area contributed by atoms with Crippen LogP contribution in [-0.2, 0) is 18.4 Å². The summed E-state index contributed by atoms with van der Waals surface area (Å²) in [4.78, 5) is 23.4. The highest BCUT2D eigenvalue weighted by molar-refractivity contribution is 7.47. The van der Waals surface area contributed by atoms with Gasteiger partial charge in [0.2, 0.25) is 5.91 Å². The Morgan fingerprint density at radius 1 is 0.418 bits per heavy atom. The van der Waals surface area contributed by atoms with Gasteiger partial charge in [0.1, 0.15) is 13.2 Å². The number of allylic oxidation sites excluding steroid dienone is 3. The number of carbonyl (C=O) groups is 1. The highest BCUT2D eigenvalue weighted by atomic mass is 31.2. The number of unbranched alkanes of at least 4 members (excludes halogenated alkanes) is 51. The molecule has 0 aromatic rings. The minimum atomic E-state index is -4.35. The summed E-state index contributed by atoms with van der Waals surface area (Å²) in [5, 5.41) is 14.0. The molecule has 470 valence electrons. The standard InChI is InChI=1S/C70H139N2O6P/c1-6-8-10-12-14-16-18-20-22-24-26-28-29-30-31-32-33-34-35-36-37-38-39-40-41-42-43-44-46-48-50-52-54-56-58-60-62-64-70(74)71-68(67-78-79(75,76)77-66-65-72(3,4)5)69(73)63-61-59-57-55-53-51-49-47-45-27-25-23-21-19-17-15-13-11-9-7-2/h34-35,61,63,68-69,73H,6-33,36-60,62,64-67H2,1-5H3,(H-,71,74,75,76)/p+1/b35-34-,63-61+. The van der Waals surface area contributed by atoms with E-state index in [4.69, 9.17) is 9.05 Å². The van der Waals surface area contributed by atoms with E-state index in [2.05, 4.69) is 31.3 Å². The van der Waals surface area contributed by atoms with E-state index < -0.39 is 20.0 Å². The maximum Gasteiger partial charge on any atom is 0.472 e. The minimum Gasteiger partial charge on any atom is -0.387 e. The van der Waals surface area contributed by atoms with Crippen molar-refractivity contribution in [2.24, 2.45) is 0 Å². The van der Waals surface area contributed by atoms with Crippen LogP contribution in [0.25, 0.3) is 0 Å². The van der Waals surface area contributed by atoms with E-state index in [1.807, 2.05) is 27.2 Å². The fourth-order valence-electron chi connectivity index (χ4n) is 10.9. The van der Waals surface area contributed by atoms with Crippen molar-refractivity contribution >= 4 is 13.7 Å². The average molecular weight is 1140 g/mol. The third-order valence-electron chi connectivity index (χ3n) is 16.4. The third kappa shape index (κ3) is 64.4. The van der Waals surface area contributed by atoms with E-state index in [9.17, 15) is 19.4 Å². The van der Waals surface area contributed by atoms with Gasteiger partial charge in [-0.3, -0.25) is 13.8 Å². The number of hydrogen-bond donors (Lipinski definition) is 3. The number of nitrogens with one attached hydrogen (secondary N) is 1. The number of quaternary nitrogens is 1. The van der Waals surface area contributed by atoms with Crippen LogP contribution in [0.1, 0.15) is 367 Å². The second kappa shape index (κ2) is 61.5. The molecular formula is C70H140N2O6P+. The topological polar surface area (TPSA) is 105 Å². The van der Waals surface area contributed by atoms with E-state index in [1.54, 1.807) is 6.08 Å². The summed E-state index contributed by atoms with van der Waals surface area (Å²) in [7, 11) is 1.59. The lowest BCUT2D eigenvalue weighted by Crippen LogP contribution is -2.45. The van der Waals surface area contributed by atoms with Crippen molar-refractivity contribution in [3.05, 3.63) is 24.3 Å². The first kappa shape index (κ1) is 78.0. The Morgan fingerprint density at radius 2 is 0.684 bits per heavy atom. The summed E-state index contributed by atoms with van der Waals surface area (Å²) in [5.41, 5.74) is 0. The molecular weight excluding hydrogens is 996 g/mol. The van der Waals surface area contributed by atoms with Gasteiger partial charge in [-0.1, -0.05) is 340 Å². The lowest BCUT2D eigenvalue weighted by atomic mass is 10.0. The molecule has 0 aliphatic carbocycles. The van der Waals surface area contributed by atoms with Crippen molar-refractivity contribution < 1.29 is 32.9 Å². The summed E-state index contributed by atoms with van der Waals surface area (Å²) < 4.78 is 23.8. The number of aliphatic hydroxyl groups is 1. The zero-order chi connectivity index (χ0) is 57.7. The van der Waals surface area contributed by atoms with Crippen molar-refractivity contribution in [2.75, 3.05) is 40.9 Å². The van der Waals surface area contributed by atoms with Crippen molar-refractivity contribution in [3.63, 3.8) is 0 Å².